The van der Waals surface area contributed by atoms with E-state index in [9.17, 15) is 19.8 Å². The van der Waals surface area contributed by atoms with Gasteiger partial charge in [-0.15, -0.1) is 0 Å². The van der Waals surface area contributed by atoms with Crippen LogP contribution in [0.4, 0.5) is 0 Å². The fourth-order valence-electron chi connectivity index (χ4n) is 2.81. The van der Waals surface area contributed by atoms with Gasteiger partial charge in [-0.1, -0.05) is 54.6 Å². The number of aliphatic carboxylic acids is 1. The van der Waals surface area contributed by atoms with Crippen LogP contribution in [-0.2, 0) is 16.0 Å². The van der Waals surface area contributed by atoms with Gasteiger partial charge in [0.05, 0.1) is 18.6 Å². The number of amides is 1. The number of aliphatic hydroxyl groups excluding tert-OH is 2. The van der Waals surface area contributed by atoms with Crippen molar-refractivity contribution in [3.8, 4) is 11.1 Å². The zero-order valence-electron chi connectivity index (χ0n) is 15.2. The van der Waals surface area contributed by atoms with Crippen molar-refractivity contribution in [2.75, 3.05) is 0 Å². The topological polar surface area (TPSA) is 107 Å². The van der Waals surface area contributed by atoms with Crippen LogP contribution < -0.4 is 5.32 Å². The van der Waals surface area contributed by atoms with Crippen molar-refractivity contribution in [3.05, 3.63) is 60.2 Å². The van der Waals surface area contributed by atoms with Crippen molar-refractivity contribution >= 4 is 11.9 Å². The summed E-state index contributed by atoms with van der Waals surface area (Å²) in [4.78, 5) is 22.5. The Bertz CT molecular complexity index is 743. The zero-order chi connectivity index (χ0) is 19.8. The van der Waals surface area contributed by atoms with Crippen LogP contribution in [0, 0.1) is 0 Å². The Balaban J connectivity index is 2.07. The number of carboxylic acids is 1. The van der Waals surface area contributed by atoms with Gasteiger partial charge in [0.15, 0.2) is 0 Å². The molecule has 0 saturated carbocycles. The molecule has 0 spiro atoms. The lowest BCUT2D eigenvalue weighted by Crippen LogP contribution is -2.49. The predicted octanol–water partition coefficient (Wildman–Crippen LogP) is 1.99. The van der Waals surface area contributed by atoms with Crippen molar-refractivity contribution in [1.82, 2.24) is 5.32 Å². The minimum absolute atomic E-state index is 0.175. The highest BCUT2D eigenvalue weighted by Crippen LogP contribution is 2.20. The van der Waals surface area contributed by atoms with Crippen molar-refractivity contribution in [2.24, 2.45) is 0 Å². The Hall–Kier alpha value is -2.70. The Kier molecular flexibility index (Phi) is 7.52. The second-order valence-corrected chi connectivity index (χ2v) is 6.57. The van der Waals surface area contributed by atoms with E-state index in [0.717, 1.165) is 16.7 Å². The molecule has 0 saturated heterocycles. The summed E-state index contributed by atoms with van der Waals surface area (Å²) >= 11 is 0. The van der Waals surface area contributed by atoms with Crippen molar-refractivity contribution in [2.45, 2.75) is 44.4 Å². The molecule has 4 N–H and O–H groups in total. The second kappa shape index (κ2) is 9.85. The number of nitrogens with one attached hydrogen (secondary N) is 1. The number of hydrogen-bond donors (Lipinski definition) is 4. The number of benzene rings is 2. The third-order valence-corrected chi connectivity index (χ3v) is 4.34. The smallest absolute Gasteiger partial charge is 0.303 e. The SMILES string of the molecule is CC(O)C(O)[C@H](Cc1ccc(-c2ccccc2)cc1)NC(=O)CCC(=O)O. The standard InChI is InChI=1S/C21H25NO5/c1-14(23)21(27)18(22-19(24)11-12-20(25)26)13-15-7-9-17(10-8-15)16-5-3-2-4-6-16/h2-10,14,18,21,23,27H,11-13H2,1H3,(H,22,24)(H,25,26)/t14?,18-,21?/m0/s1. The maximum absolute atomic E-state index is 11.9. The summed E-state index contributed by atoms with van der Waals surface area (Å²) in [7, 11) is 0. The lowest BCUT2D eigenvalue weighted by Gasteiger charge is -2.26. The summed E-state index contributed by atoms with van der Waals surface area (Å²) in [6.45, 7) is 1.44. The maximum atomic E-state index is 11.9. The highest BCUT2D eigenvalue weighted by Gasteiger charge is 2.25. The molecule has 0 aromatic heterocycles. The van der Waals surface area contributed by atoms with Crippen LogP contribution >= 0.6 is 0 Å². The van der Waals surface area contributed by atoms with Crippen LogP contribution in [0.25, 0.3) is 11.1 Å². The molecule has 0 aliphatic carbocycles. The van der Waals surface area contributed by atoms with Crippen molar-refractivity contribution < 1.29 is 24.9 Å². The highest BCUT2D eigenvalue weighted by atomic mass is 16.4. The van der Waals surface area contributed by atoms with Gasteiger partial charge in [0.2, 0.25) is 5.91 Å². The number of carbonyl (C=O) groups excluding carboxylic acids is 1. The molecule has 2 aromatic carbocycles. The minimum atomic E-state index is -1.16. The van der Waals surface area contributed by atoms with E-state index in [2.05, 4.69) is 5.32 Å². The molecule has 144 valence electrons. The Morgan fingerprint density at radius 2 is 1.52 bits per heavy atom. The molecule has 1 amide bonds. The first kappa shape index (κ1) is 20.6. The molecule has 2 aromatic rings. The van der Waals surface area contributed by atoms with E-state index in [1.807, 2.05) is 54.6 Å². The fourth-order valence-corrected chi connectivity index (χ4v) is 2.81. The van der Waals surface area contributed by atoms with Crippen molar-refractivity contribution in [1.29, 1.82) is 0 Å². The monoisotopic (exact) mass is 371 g/mol. The summed E-state index contributed by atoms with van der Waals surface area (Å²) in [5.74, 6) is -1.53. The first-order valence-corrected chi connectivity index (χ1v) is 8.88. The molecule has 2 unspecified atom stereocenters. The average molecular weight is 371 g/mol. The molecule has 0 radical (unpaired) electrons. The molecule has 3 atom stereocenters. The van der Waals surface area contributed by atoms with Crippen LogP contribution in [0.15, 0.2) is 54.6 Å². The van der Waals surface area contributed by atoms with Gasteiger partial charge in [-0.2, -0.15) is 0 Å². The van der Waals surface area contributed by atoms with Crippen LogP contribution in [-0.4, -0.2) is 45.4 Å². The normalized spacial score (nSPS) is 14.2. The lowest BCUT2D eigenvalue weighted by atomic mass is 9.96. The van der Waals surface area contributed by atoms with Gasteiger partial charge in [0.25, 0.3) is 0 Å². The van der Waals surface area contributed by atoms with Crippen LogP contribution in [0.1, 0.15) is 25.3 Å². The summed E-state index contributed by atoms with van der Waals surface area (Å²) in [6, 6.07) is 16.9. The summed E-state index contributed by atoms with van der Waals surface area (Å²) < 4.78 is 0. The molecule has 2 rings (SSSR count). The Morgan fingerprint density at radius 1 is 0.926 bits per heavy atom. The molecule has 0 aliphatic rings. The van der Waals surface area contributed by atoms with E-state index in [0.29, 0.717) is 6.42 Å². The maximum Gasteiger partial charge on any atom is 0.303 e. The van der Waals surface area contributed by atoms with E-state index < -0.39 is 30.1 Å². The molecular weight excluding hydrogens is 346 g/mol. The lowest BCUT2D eigenvalue weighted by molar-refractivity contribution is -0.139. The molecule has 0 fully saturated rings. The Morgan fingerprint density at radius 3 is 2.07 bits per heavy atom. The molecule has 27 heavy (non-hydrogen) atoms. The fraction of sp³-hybridized carbons (Fsp3) is 0.333. The van der Waals surface area contributed by atoms with Crippen LogP contribution in [0.5, 0.6) is 0 Å². The van der Waals surface area contributed by atoms with Crippen LogP contribution in [0.2, 0.25) is 0 Å². The first-order chi connectivity index (χ1) is 12.9. The van der Waals surface area contributed by atoms with E-state index >= 15 is 0 Å². The molecule has 6 heteroatoms. The number of rotatable bonds is 9. The molecule has 0 bridgehead atoms. The number of aliphatic hydroxyl groups is 2. The molecular formula is C21H25NO5. The zero-order valence-corrected chi connectivity index (χ0v) is 15.2. The molecule has 0 heterocycles. The van der Waals surface area contributed by atoms with Gasteiger partial charge in [-0.25, -0.2) is 0 Å². The van der Waals surface area contributed by atoms with Gasteiger partial charge in [0, 0.05) is 6.42 Å². The van der Waals surface area contributed by atoms with Gasteiger partial charge in [-0.05, 0) is 30.0 Å². The number of carbonyl (C=O) groups is 2. The summed E-state index contributed by atoms with van der Waals surface area (Å²) in [6.07, 6.45) is -2.33. The van der Waals surface area contributed by atoms with E-state index in [1.54, 1.807) is 0 Å². The van der Waals surface area contributed by atoms with Gasteiger partial charge in [-0.3, -0.25) is 9.59 Å². The minimum Gasteiger partial charge on any atom is -0.481 e. The average Bonchev–Trinajstić information content (AvgIpc) is 2.66. The third kappa shape index (κ3) is 6.51. The largest absolute Gasteiger partial charge is 0.481 e. The predicted molar refractivity (Wildman–Crippen MR) is 102 cm³/mol. The first-order valence-electron chi connectivity index (χ1n) is 8.88. The number of carboxylic acid groups (broad SMARTS) is 1. The third-order valence-electron chi connectivity index (χ3n) is 4.34. The summed E-state index contributed by atoms with van der Waals surface area (Å²) in [5.41, 5.74) is 3.03. The van der Waals surface area contributed by atoms with Crippen LogP contribution in [0.3, 0.4) is 0 Å². The molecule has 0 aliphatic heterocycles. The van der Waals surface area contributed by atoms with E-state index in [-0.39, 0.29) is 12.8 Å². The highest BCUT2D eigenvalue weighted by molar-refractivity contribution is 5.80. The van der Waals surface area contributed by atoms with Gasteiger partial charge in [0.1, 0.15) is 6.10 Å². The molecule has 6 nitrogen and oxygen atoms in total. The van der Waals surface area contributed by atoms with Crippen molar-refractivity contribution in [3.63, 3.8) is 0 Å². The van der Waals surface area contributed by atoms with Gasteiger partial charge < -0.3 is 20.6 Å². The number of hydrogen-bond acceptors (Lipinski definition) is 4. The van der Waals surface area contributed by atoms with E-state index in [1.165, 1.54) is 6.92 Å². The quantitative estimate of drug-likeness (QED) is 0.539. The van der Waals surface area contributed by atoms with E-state index in [4.69, 9.17) is 5.11 Å². The second-order valence-electron chi connectivity index (χ2n) is 6.57. The summed E-state index contributed by atoms with van der Waals surface area (Å²) in [5, 5.41) is 31.2. The van der Waals surface area contributed by atoms with Gasteiger partial charge >= 0.3 is 5.97 Å². The Labute approximate surface area is 158 Å².